The summed E-state index contributed by atoms with van der Waals surface area (Å²) in [7, 11) is 0. The van der Waals surface area contributed by atoms with Crippen LogP contribution in [-0.4, -0.2) is 34.2 Å². The zero-order chi connectivity index (χ0) is 18.8. The van der Waals surface area contributed by atoms with Gasteiger partial charge in [0.1, 0.15) is 11.1 Å². The molecule has 0 bridgehead atoms. The third-order valence-electron chi connectivity index (χ3n) is 3.27. The highest BCUT2D eigenvalue weighted by Gasteiger charge is 2.42. The molecule has 0 spiro atoms. The summed E-state index contributed by atoms with van der Waals surface area (Å²) in [6.07, 6.45) is -0.754. The maximum atomic E-state index is 12.5. The number of carboxylic acid groups (broad SMARTS) is 1. The molecule has 3 N–H and O–H groups in total. The fourth-order valence-electron chi connectivity index (χ4n) is 1.80. The summed E-state index contributed by atoms with van der Waals surface area (Å²) in [5.41, 5.74) is -3.19. The lowest BCUT2D eigenvalue weighted by Crippen LogP contribution is -2.61. The average molecular weight is 356 g/mol. The Hall–Kier alpha value is -2.09. The fourth-order valence-corrected chi connectivity index (χ4v) is 2.56. The van der Waals surface area contributed by atoms with E-state index in [1.165, 1.54) is 32.1 Å². The Kier molecular flexibility index (Phi) is 5.66. The predicted molar refractivity (Wildman–Crippen MR) is 90.9 cm³/mol. The van der Waals surface area contributed by atoms with Crippen molar-refractivity contribution in [3.8, 4) is 0 Å². The van der Waals surface area contributed by atoms with E-state index in [4.69, 9.17) is 4.74 Å². The molecule has 0 aromatic carbocycles. The van der Waals surface area contributed by atoms with E-state index in [-0.39, 0.29) is 0 Å². The lowest BCUT2D eigenvalue weighted by molar-refractivity contribution is -0.148. The van der Waals surface area contributed by atoms with E-state index in [0.717, 1.165) is 0 Å². The molecule has 1 heterocycles. The Labute approximate surface area is 145 Å². The van der Waals surface area contributed by atoms with E-state index in [9.17, 15) is 19.5 Å². The summed E-state index contributed by atoms with van der Waals surface area (Å²) < 4.78 is 5.13. The summed E-state index contributed by atoms with van der Waals surface area (Å²) in [5, 5.41) is 17.9. The monoisotopic (exact) mass is 356 g/mol. The van der Waals surface area contributed by atoms with Gasteiger partial charge in [-0.25, -0.2) is 9.59 Å². The van der Waals surface area contributed by atoms with Gasteiger partial charge in [0.05, 0.1) is 0 Å². The van der Waals surface area contributed by atoms with Crippen LogP contribution in [0.5, 0.6) is 0 Å². The van der Waals surface area contributed by atoms with Crippen LogP contribution in [-0.2, 0) is 19.9 Å². The number of aliphatic carboxylic acids is 1. The molecule has 0 fully saturated rings. The Bertz CT molecular complexity index is 619. The number of nitrogens with one attached hydrogen (secondary N) is 2. The highest BCUT2D eigenvalue weighted by molar-refractivity contribution is 7.08. The lowest BCUT2D eigenvalue weighted by atomic mass is 9.92. The van der Waals surface area contributed by atoms with Crippen molar-refractivity contribution in [2.24, 2.45) is 0 Å². The maximum Gasteiger partial charge on any atom is 0.408 e. The Morgan fingerprint density at radius 1 is 1.08 bits per heavy atom. The summed E-state index contributed by atoms with van der Waals surface area (Å²) in [6, 6.07) is 1.63. The first kappa shape index (κ1) is 20.0. The highest BCUT2D eigenvalue weighted by atomic mass is 32.1. The molecule has 8 heteroatoms. The summed E-state index contributed by atoms with van der Waals surface area (Å²) >= 11 is 1.33. The standard InChI is InChI=1S/C16H24N2O5S/c1-14(2,3)23-13(22)18-15(4,5)11(19)17-16(6,12(20)21)10-7-8-24-9-10/h7-9H,1-6H3,(H,17,19)(H,18,22)(H,20,21). The molecular formula is C16H24N2O5S. The number of amides is 2. The molecule has 1 aromatic rings. The van der Waals surface area contributed by atoms with Crippen LogP contribution in [0.2, 0.25) is 0 Å². The van der Waals surface area contributed by atoms with Gasteiger partial charge >= 0.3 is 12.1 Å². The number of hydrogen-bond donors (Lipinski definition) is 3. The van der Waals surface area contributed by atoms with Crippen molar-refractivity contribution in [1.29, 1.82) is 0 Å². The van der Waals surface area contributed by atoms with Crippen LogP contribution in [0, 0.1) is 0 Å². The second-order valence-electron chi connectivity index (χ2n) is 7.15. The molecule has 0 saturated carbocycles. The fraction of sp³-hybridized carbons (Fsp3) is 0.562. The van der Waals surface area contributed by atoms with Crippen molar-refractivity contribution >= 4 is 29.3 Å². The Morgan fingerprint density at radius 3 is 2.08 bits per heavy atom. The summed E-state index contributed by atoms with van der Waals surface area (Å²) in [4.78, 5) is 36.1. The molecule has 0 aliphatic rings. The van der Waals surface area contributed by atoms with Crippen molar-refractivity contribution in [2.45, 2.75) is 58.2 Å². The largest absolute Gasteiger partial charge is 0.479 e. The summed E-state index contributed by atoms with van der Waals surface area (Å²) in [6.45, 7) is 9.47. The maximum absolute atomic E-state index is 12.5. The number of carbonyl (C=O) groups excluding carboxylic acids is 2. The first-order chi connectivity index (χ1) is 10.8. The van der Waals surface area contributed by atoms with Crippen LogP contribution in [0.1, 0.15) is 47.1 Å². The number of ether oxygens (including phenoxy) is 1. The number of alkyl carbamates (subject to hydrolysis) is 1. The first-order valence-electron chi connectivity index (χ1n) is 7.38. The van der Waals surface area contributed by atoms with E-state index in [0.29, 0.717) is 5.56 Å². The van der Waals surface area contributed by atoms with Crippen LogP contribution >= 0.6 is 11.3 Å². The van der Waals surface area contributed by atoms with E-state index in [2.05, 4.69) is 10.6 Å². The second-order valence-corrected chi connectivity index (χ2v) is 7.93. The predicted octanol–water partition coefficient (Wildman–Crippen LogP) is 2.47. The molecule has 1 unspecified atom stereocenters. The second kappa shape index (κ2) is 6.80. The van der Waals surface area contributed by atoms with Crippen molar-refractivity contribution < 1.29 is 24.2 Å². The van der Waals surface area contributed by atoms with Gasteiger partial charge in [-0.1, -0.05) is 0 Å². The van der Waals surface area contributed by atoms with Gasteiger partial charge in [0.25, 0.3) is 0 Å². The molecule has 1 aromatic heterocycles. The molecule has 0 aliphatic heterocycles. The van der Waals surface area contributed by atoms with Crippen LogP contribution < -0.4 is 10.6 Å². The van der Waals surface area contributed by atoms with Crippen LogP contribution in [0.4, 0.5) is 4.79 Å². The van der Waals surface area contributed by atoms with Crippen LogP contribution in [0.15, 0.2) is 16.8 Å². The number of rotatable bonds is 5. The minimum absolute atomic E-state index is 0.460. The molecule has 7 nitrogen and oxygen atoms in total. The van der Waals surface area contributed by atoms with Gasteiger partial charge in [0, 0.05) is 0 Å². The molecule has 24 heavy (non-hydrogen) atoms. The van der Waals surface area contributed by atoms with Gasteiger partial charge < -0.3 is 20.5 Å². The first-order valence-corrected chi connectivity index (χ1v) is 8.32. The SMILES string of the molecule is CC(C)(C)OC(=O)NC(C)(C)C(=O)NC(C)(C(=O)O)c1ccsc1. The molecule has 0 radical (unpaired) electrons. The van der Waals surface area contributed by atoms with Crippen molar-refractivity contribution in [1.82, 2.24) is 10.6 Å². The smallest absolute Gasteiger partial charge is 0.408 e. The summed E-state index contributed by atoms with van der Waals surface area (Å²) in [5.74, 6) is -1.83. The molecule has 2 amide bonds. The zero-order valence-corrected chi connectivity index (χ0v) is 15.5. The number of carbonyl (C=O) groups is 3. The van der Waals surface area contributed by atoms with Crippen LogP contribution in [0.3, 0.4) is 0 Å². The van der Waals surface area contributed by atoms with Crippen LogP contribution in [0.25, 0.3) is 0 Å². The van der Waals surface area contributed by atoms with Gasteiger partial charge in [0.2, 0.25) is 5.91 Å². The van der Waals surface area contributed by atoms with E-state index < -0.39 is 34.6 Å². The van der Waals surface area contributed by atoms with Crippen molar-refractivity contribution in [3.63, 3.8) is 0 Å². The van der Waals surface area contributed by atoms with Crippen molar-refractivity contribution in [2.75, 3.05) is 0 Å². The lowest BCUT2D eigenvalue weighted by Gasteiger charge is -2.32. The zero-order valence-electron chi connectivity index (χ0n) is 14.7. The van der Waals surface area contributed by atoms with E-state index in [1.807, 2.05) is 0 Å². The third kappa shape index (κ3) is 4.95. The average Bonchev–Trinajstić information content (AvgIpc) is 2.88. The van der Waals surface area contributed by atoms with Gasteiger partial charge in [-0.05, 0) is 63.9 Å². The topological polar surface area (TPSA) is 105 Å². The molecular weight excluding hydrogens is 332 g/mol. The minimum Gasteiger partial charge on any atom is -0.479 e. The van der Waals surface area contributed by atoms with Gasteiger partial charge in [-0.2, -0.15) is 11.3 Å². The van der Waals surface area contributed by atoms with Crippen molar-refractivity contribution in [3.05, 3.63) is 22.4 Å². The highest BCUT2D eigenvalue weighted by Crippen LogP contribution is 2.24. The Balaban J connectivity index is 2.91. The minimum atomic E-state index is -1.59. The quantitative estimate of drug-likeness (QED) is 0.752. The van der Waals surface area contributed by atoms with Gasteiger partial charge in [-0.15, -0.1) is 0 Å². The normalized spacial score (nSPS) is 14.4. The van der Waals surface area contributed by atoms with E-state index >= 15 is 0 Å². The molecule has 1 rings (SSSR count). The number of carboxylic acids is 1. The molecule has 1 atom stereocenters. The molecule has 134 valence electrons. The third-order valence-corrected chi connectivity index (χ3v) is 3.95. The number of thiophene rings is 1. The van der Waals surface area contributed by atoms with E-state index in [1.54, 1.807) is 37.6 Å². The number of hydrogen-bond acceptors (Lipinski definition) is 5. The molecule has 0 aliphatic carbocycles. The Morgan fingerprint density at radius 2 is 1.67 bits per heavy atom. The molecule has 0 saturated heterocycles. The van der Waals surface area contributed by atoms with Gasteiger partial charge in [-0.3, -0.25) is 4.79 Å². The van der Waals surface area contributed by atoms with Gasteiger partial charge in [0.15, 0.2) is 5.54 Å².